The summed E-state index contributed by atoms with van der Waals surface area (Å²) >= 11 is 0. The number of benzene rings is 2. The van der Waals surface area contributed by atoms with Gasteiger partial charge in [0.25, 0.3) is 0 Å². The fourth-order valence-corrected chi connectivity index (χ4v) is 4.16. The van der Waals surface area contributed by atoms with Gasteiger partial charge in [-0.05, 0) is 11.1 Å². The fourth-order valence-electron chi connectivity index (χ4n) is 4.16. The molecule has 0 spiro atoms. The van der Waals surface area contributed by atoms with Gasteiger partial charge in [-0.25, -0.2) is 0 Å². The highest BCUT2D eigenvalue weighted by atomic mass is 16.5. The van der Waals surface area contributed by atoms with Crippen LogP contribution in [0.15, 0.2) is 60.7 Å². The predicted octanol–water partition coefficient (Wildman–Crippen LogP) is 0.759. The molecule has 8 nitrogen and oxygen atoms in total. The topological polar surface area (TPSA) is 117 Å². The molecule has 2 aromatic carbocycles. The van der Waals surface area contributed by atoms with E-state index in [4.69, 9.17) is 20.9 Å². The Labute approximate surface area is 203 Å². The Kier molecular flexibility index (Phi) is 11.4. The first-order valence-corrected chi connectivity index (χ1v) is 12.1. The van der Waals surface area contributed by atoms with E-state index in [1.54, 1.807) is 0 Å². The van der Waals surface area contributed by atoms with Gasteiger partial charge in [-0.3, -0.25) is 9.80 Å². The van der Waals surface area contributed by atoms with E-state index >= 15 is 0 Å². The lowest BCUT2D eigenvalue weighted by Gasteiger charge is -2.30. The van der Waals surface area contributed by atoms with Crippen LogP contribution in [0.5, 0.6) is 0 Å². The molecule has 0 aromatic heterocycles. The molecule has 2 aliphatic rings. The zero-order valence-electron chi connectivity index (χ0n) is 19.9. The summed E-state index contributed by atoms with van der Waals surface area (Å²) in [5, 5.41) is 20.3. The van der Waals surface area contributed by atoms with Crippen LogP contribution in [0.4, 0.5) is 0 Å². The van der Waals surface area contributed by atoms with Crippen LogP contribution in [0.25, 0.3) is 0 Å². The van der Waals surface area contributed by atoms with Gasteiger partial charge >= 0.3 is 0 Å². The minimum atomic E-state index is -0.598. The second-order valence-corrected chi connectivity index (χ2v) is 8.86. The molecule has 8 heteroatoms. The van der Waals surface area contributed by atoms with Crippen LogP contribution in [0.2, 0.25) is 0 Å². The van der Waals surface area contributed by atoms with Crippen molar-refractivity contribution in [3.8, 4) is 0 Å². The van der Waals surface area contributed by atoms with Crippen LogP contribution < -0.4 is 11.5 Å². The van der Waals surface area contributed by atoms with Crippen molar-refractivity contribution in [3.05, 3.63) is 71.8 Å². The molecule has 2 aromatic rings. The average Bonchev–Trinajstić information content (AvgIpc) is 2.90. The van der Waals surface area contributed by atoms with Gasteiger partial charge in [0, 0.05) is 51.4 Å². The standard InChI is InChI=1S/2C13H20N2O2/c2*14-12(10-15-6-8-17-9-7-15)13(16)11-4-2-1-3-5-11/h2*1-5,12-13,16H,6-10,14H2/t2*12-,13-/m11/s1. The van der Waals surface area contributed by atoms with Gasteiger partial charge in [0.05, 0.1) is 38.6 Å². The van der Waals surface area contributed by atoms with Crippen LogP contribution in [-0.2, 0) is 9.47 Å². The molecule has 4 atom stereocenters. The number of hydrogen-bond donors (Lipinski definition) is 4. The van der Waals surface area contributed by atoms with Gasteiger partial charge in [0.15, 0.2) is 0 Å². The first kappa shape index (κ1) is 26.7. The Hall–Kier alpha value is -1.88. The lowest BCUT2D eigenvalue weighted by atomic mass is 10.0. The van der Waals surface area contributed by atoms with E-state index in [2.05, 4.69) is 9.80 Å². The van der Waals surface area contributed by atoms with E-state index in [-0.39, 0.29) is 12.1 Å². The molecular formula is C26H40N4O4. The van der Waals surface area contributed by atoms with E-state index in [1.165, 1.54) is 0 Å². The Balaban J connectivity index is 0.000000191. The molecule has 0 radical (unpaired) electrons. The van der Waals surface area contributed by atoms with E-state index in [9.17, 15) is 10.2 Å². The summed E-state index contributed by atoms with van der Waals surface area (Å²) in [5.74, 6) is 0. The number of aliphatic hydroxyl groups excluding tert-OH is 2. The number of ether oxygens (including phenoxy) is 2. The molecule has 0 bridgehead atoms. The van der Waals surface area contributed by atoms with Crippen molar-refractivity contribution in [3.63, 3.8) is 0 Å². The Morgan fingerprint density at radius 3 is 1.26 bits per heavy atom. The van der Waals surface area contributed by atoms with Crippen molar-refractivity contribution in [1.82, 2.24) is 9.80 Å². The molecular weight excluding hydrogens is 432 g/mol. The van der Waals surface area contributed by atoms with E-state index in [0.29, 0.717) is 13.1 Å². The zero-order chi connectivity index (χ0) is 24.2. The van der Waals surface area contributed by atoms with E-state index in [0.717, 1.165) is 63.7 Å². The first-order chi connectivity index (χ1) is 16.5. The molecule has 6 N–H and O–H groups in total. The van der Waals surface area contributed by atoms with Crippen LogP contribution in [0.3, 0.4) is 0 Å². The van der Waals surface area contributed by atoms with Crippen molar-refractivity contribution in [2.24, 2.45) is 11.5 Å². The maximum atomic E-state index is 10.1. The van der Waals surface area contributed by atoms with Gasteiger partial charge in [0.1, 0.15) is 0 Å². The summed E-state index contributed by atoms with van der Waals surface area (Å²) in [4.78, 5) is 4.47. The minimum Gasteiger partial charge on any atom is -0.387 e. The van der Waals surface area contributed by atoms with Gasteiger partial charge < -0.3 is 31.2 Å². The summed E-state index contributed by atoms with van der Waals surface area (Å²) < 4.78 is 10.6. The number of nitrogens with two attached hydrogens (primary N) is 2. The molecule has 0 saturated carbocycles. The highest BCUT2D eigenvalue weighted by molar-refractivity contribution is 5.19. The van der Waals surface area contributed by atoms with Crippen LogP contribution in [0.1, 0.15) is 23.3 Å². The molecule has 0 aliphatic carbocycles. The monoisotopic (exact) mass is 472 g/mol. The maximum Gasteiger partial charge on any atom is 0.0953 e. The quantitative estimate of drug-likeness (QED) is 0.445. The third-order valence-corrected chi connectivity index (χ3v) is 6.24. The maximum absolute atomic E-state index is 10.1. The van der Waals surface area contributed by atoms with Crippen molar-refractivity contribution < 1.29 is 19.7 Å². The van der Waals surface area contributed by atoms with Gasteiger partial charge in [-0.1, -0.05) is 60.7 Å². The summed E-state index contributed by atoms with van der Waals surface area (Å²) in [7, 11) is 0. The molecule has 0 amide bonds. The molecule has 2 heterocycles. The van der Waals surface area contributed by atoms with E-state index in [1.807, 2.05) is 60.7 Å². The first-order valence-electron chi connectivity index (χ1n) is 12.1. The molecule has 2 fully saturated rings. The third-order valence-electron chi connectivity index (χ3n) is 6.24. The summed E-state index contributed by atoms with van der Waals surface area (Å²) in [5.41, 5.74) is 13.9. The Bertz CT molecular complexity index is 718. The highest BCUT2D eigenvalue weighted by Crippen LogP contribution is 2.17. The highest BCUT2D eigenvalue weighted by Gasteiger charge is 2.22. The number of morpholine rings is 2. The second kappa shape index (κ2) is 14.5. The molecule has 188 valence electrons. The van der Waals surface area contributed by atoms with Gasteiger partial charge in [0.2, 0.25) is 0 Å². The SMILES string of the molecule is N[C@H](CN1CCOCC1)[C@H](O)c1ccccc1.N[C@H](CN1CCOCC1)[C@H](O)c1ccccc1. The molecule has 4 rings (SSSR count). The number of nitrogens with zero attached hydrogens (tertiary/aromatic N) is 2. The zero-order valence-corrected chi connectivity index (χ0v) is 19.9. The van der Waals surface area contributed by atoms with E-state index < -0.39 is 12.2 Å². The number of aliphatic hydroxyl groups is 2. The summed E-state index contributed by atoms with van der Waals surface area (Å²) in [6.45, 7) is 8.04. The predicted molar refractivity (Wildman–Crippen MR) is 133 cm³/mol. The minimum absolute atomic E-state index is 0.254. The fraction of sp³-hybridized carbons (Fsp3) is 0.538. The van der Waals surface area contributed by atoms with Crippen LogP contribution >= 0.6 is 0 Å². The normalized spacial score (nSPS) is 21.1. The third kappa shape index (κ3) is 8.72. The van der Waals surface area contributed by atoms with Crippen molar-refractivity contribution in [1.29, 1.82) is 0 Å². The smallest absolute Gasteiger partial charge is 0.0953 e. The number of hydrogen-bond acceptors (Lipinski definition) is 8. The summed E-state index contributed by atoms with van der Waals surface area (Å²) in [6.07, 6.45) is -1.20. The van der Waals surface area contributed by atoms with Crippen molar-refractivity contribution in [2.45, 2.75) is 24.3 Å². The van der Waals surface area contributed by atoms with Crippen molar-refractivity contribution >= 4 is 0 Å². The Morgan fingerprint density at radius 2 is 0.941 bits per heavy atom. The summed E-state index contributed by atoms with van der Waals surface area (Å²) in [6, 6.07) is 18.7. The molecule has 34 heavy (non-hydrogen) atoms. The second-order valence-electron chi connectivity index (χ2n) is 8.86. The Morgan fingerprint density at radius 1 is 0.618 bits per heavy atom. The average molecular weight is 473 g/mol. The van der Waals surface area contributed by atoms with Crippen molar-refractivity contribution in [2.75, 3.05) is 65.7 Å². The number of rotatable bonds is 8. The lowest BCUT2D eigenvalue weighted by molar-refractivity contribution is 0.0249. The lowest BCUT2D eigenvalue weighted by Crippen LogP contribution is -2.45. The largest absolute Gasteiger partial charge is 0.387 e. The van der Waals surface area contributed by atoms with Crippen LogP contribution in [0, 0.1) is 0 Å². The van der Waals surface area contributed by atoms with Crippen LogP contribution in [-0.4, -0.2) is 97.8 Å². The van der Waals surface area contributed by atoms with Gasteiger partial charge in [-0.15, -0.1) is 0 Å². The molecule has 2 saturated heterocycles. The molecule has 2 aliphatic heterocycles. The molecule has 0 unspecified atom stereocenters. The van der Waals surface area contributed by atoms with Gasteiger partial charge in [-0.2, -0.15) is 0 Å².